The normalized spacial score (nSPS) is 10.9. The van der Waals surface area contributed by atoms with E-state index in [2.05, 4.69) is 26.5 Å². The number of rotatable bonds is 3. The molecule has 0 spiro atoms. The van der Waals surface area contributed by atoms with Crippen molar-refractivity contribution in [2.75, 3.05) is 0 Å². The van der Waals surface area contributed by atoms with Gasteiger partial charge in [-0.15, -0.1) is 0 Å². The van der Waals surface area contributed by atoms with Crippen LogP contribution in [0, 0.1) is 6.92 Å². The van der Waals surface area contributed by atoms with Crippen molar-refractivity contribution in [3.8, 4) is 0 Å². The summed E-state index contributed by atoms with van der Waals surface area (Å²) in [6, 6.07) is 6.75. The van der Waals surface area contributed by atoms with Crippen molar-refractivity contribution in [2.24, 2.45) is 5.10 Å². The van der Waals surface area contributed by atoms with Gasteiger partial charge in [-0.3, -0.25) is 4.79 Å². The van der Waals surface area contributed by atoms with Gasteiger partial charge in [0.05, 0.1) is 6.21 Å². The Labute approximate surface area is 106 Å². The Morgan fingerprint density at radius 3 is 2.76 bits per heavy atom. The first kappa shape index (κ1) is 11.7. The average Bonchev–Trinajstić information content (AvgIpc) is 2.88. The molecule has 2 aromatic heterocycles. The van der Waals surface area contributed by atoms with Crippen LogP contribution in [0.1, 0.15) is 22.1 Å². The minimum atomic E-state index is -0.403. The van der Waals surface area contributed by atoms with Crippen molar-refractivity contribution in [1.82, 2.24) is 5.43 Å². The van der Waals surface area contributed by atoms with Crippen molar-refractivity contribution in [2.45, 2.75) is 6.92 Å². The number of nitrogens with one attached hydrogen (secondary N) is 1. The van der Waals surface area contributed by atoms with Crippen LogP contribution >= 0.6 is 15.9 Å². The maximum absolute atomic E-state index is 11.5. The molecule has 2 aromatic rings. The molecule has 5 nitrogen and oxygen atoms in total. The number of aryl methyl sites for hydroxylation is 1. The standard InChI is InChI=1S/C11H9BrN2O3/c1-7-2-4-9(16-7)11(15)14-13-6-8-3-5-10(12)17-8/h2-6H,1H3,(H,14,15)/b13-6+. The zero-order valence-electron chi connectivity index (χ0n) is 8.94. The predicted molar refractivity (Wildman–Crippen MR) is 64.9 cm³/mol. The fourth-order valence-electron chi connectivity index (χ4n) is 1.16. The summed E-state index contributed by atoms with van der Waals surface area (Å²) in [5.41, 5.74) is 2.33. The summed E-state index contributed by atoms with van der Waals surface area (Å²) in [5, 5.41) is 3.74. The van der Waals surface area contributed by atoms with Crippen molar-refractivity contribution >= 4 is 28.1 Å². The van der Waals surface area contributed by atoms with Crippen LogP contribution in [0.3, 0.4) is 0 Å². The highest BCUT2D eigenvalue weighted by Gasteiger charge is 2.08. The van der Waals surface area contributed by atoms with E-state index in [1.807, 2.05) is 0 Å². The number of halogens is 1. The zero-order valence-corrected chi connectivity index (χ0v) is 10.5. The minimum absolute atomic E-state index is 0.222. The molecule has 1 amide bonds. The molecule has 0 bridgehead atoms. The highest BCUT2D eigenvalue weighted by molar-refractivity contribution is 9.10. The summed E-state index contributed by atoms with van der Waals surface area (Å²) in [5.74, 6) is 1.03. The molecule has 6 heteroatoms. The van der Waals surface area contributed by atoms with Gasteiger partial charge in [0, 0.05) is 0 Å². The molecule has 2 rings (SSSR count). The molecule has 2 heterocycles. The lowest BCUT2D eigenvalue weighted by atomic mass is 10.4. The van der Waals surface area contributed by atoms with E-state index in [4.69, 9.17) is 8.83 Å². The Hall–Kier alpha value is -1.82. The quantitative estimate of drug-likeness (QED) is 0.699. The van der Waals surface area contributed by atoms with Crippen LogP contribution in [0.2, 0.25) is 0 Å². The Bertz CT molecular complexity index is 557. The lowest BCUT2D eigenvalue weighted by Gasteiger charge is -1.94. The fourth-order valence-corrected chi connectivity index (χ4v) is 1.48. The zero-order chi connectivity index (χ0) is 12.3. The number of nitrogens with zero attached hydrogens (tertiary/aromatic N) is 1. The van der Waals surface area contributed by atoms with Gasteiger partial charge in [0.25, 0.3) is 0 Å². The van der Waals surface area contributed by atoms with Crippen LogP contribution in [0.25, 0.3) is 0 Å². The molecule has 0 saturated carbocycles. The number of hydrazone groups is 1. The minimum Gasteiger partial charge on any atom is -0.456 e. The number of furan rings is 2. The molecule has 88 valence electrons. The molecule has 0 aliphatic carbocycles. The third-order valence-electron chi connectivity index (χ3n) is 1.92. The van der Waals surface area contributed by atoms with E-state index < -0.39 is 5.91 Å². The molecule has 0 aliphatic heterocycles. The third-order valence-corrected chi connectivity index (χ3v) is 2.34. The summed E-state index contributed by atoms with van der Waals surface area (Å²) < 4.78 is 10.9. The molecule has 17 heavy (non-hydrogen) atoms. The molecule has 0 atom stereocenters. The molecule has 0 unspecified atom stereocenters. The molecular formula is C11H9BrN2O3. The van der Waals surface area contributed by atoms with E-state index in [0.29, 0.717) is 16.2 Å². The van der Waals surface area contributed by atoms with Crippen molar-refractivity contribution in [3.63, 3.8) is 0 Å². The first-order valence-electron chi connectivity index (χ1n) is 4.80. The summed E-state index contributed by atoms with van der Waals surface area (Å²) in [4.78, 5) is 11.5. The summed E-state index contributed by atoms with van der Waals surface area (Å²) >= 11 is 3.16. The monoisotopic (exact) mass is 296 g/mol. The van der Waals surface area contributed by atoms with Crippen molar-refractivity contribution in [1.29, 1.82) is 0 Å². The lowest BCUT2D eigenvalue weighted by molar-refractivity contribution is 0.0926. The molecule has 1 N–H and O–H groups in total. The third kappa shape index (κ3) is 3.07. The van der Waals surface area contributed by atoms with Gasteiger partial charge in [-0.1, -0.05) is 0 Å². The second kappa shape index (κ2) is 5.01. The van der Waals surface area contributed by atoms with Gasteiger partial charge in [-0.25, -0.2) is 5.43 Å². The SMILES string of the molecule is Cc1ccc(C(=O)N/N=C/c2ccc(Br)o2)o1. The Morgan fingerprint density at radius 1 is 1.35 bits per heavy atom. The highest BCUT2D eigenvalue weighted by Crippen LogP contribution is 2.12. The lowest BCUT2D eigenvalue weighted by Crippen LogP contribution is -2.16. The van der Waals surface area contributed by atoms with Crippen molar-refractivity contribution < 1.29 is 13.6 Å². The molecule has 0 saturated heterocycles. The fraction of sp³-hybridized carbons (Fsp3) is 0.0909. The van der Waals surface area contributed by atoms with Crippen LogP contribution in [0.5, 0.6) is 0 Å². The summed E-state index contributed by atoms with van der Waals surface area (Å²) in [7, 11) is 0. The van der Waals surface area contributed by atoms with Gasteiger partial charge >= 0.3 is 5.91 Å². The van der Waals surface area contributed by atoms with Gasteiger partial charge < -0.3 is 8.83 Å². The Kier molecular flexibility index (Phi) is 3.43. The predicted octanol–water partition coefficient (Wildman–Crippen LogP) is 2.71. The highest BCUT2D eigenvalue weighted by atomic mass is 79.9. The number of amides is 1. The van der Waals surface area contributed by atoms with E-state index in [-0.39, 0.29) is 5.76 Å². The molecule has 0 radical (unpaired) electrons. The van der Waals surface area contributed by atoms with Crippen LogP contribution in [0.15, 0.2) is 42.9 Å². The number of carbonyl (C=O) groups is 1. The molecule has 0 fully saturated rings. The van der Waals surface area contributed by atoms with Crippen LogP contribution in [-0.4, -0.2) is 12.1 Å². The first-order chi connectivity index (χ1) is 8.15. The largest absolute Gasteiger partial charge is 0.456 e. The summed E-state index contributed by atoms with van der Waals surface area (Å²) in [6.45, 7) is 1.76. The summed E-state index contributed by atoms with van der Waals surface area (Å²) in [6.07, 6.45) is 1.40. The Balaban J connectivity index is 1.94. The molecule has 0 aromatic carbocycles. The van der Waals surface area contributed by atoms with Crippen LogP contribution < -0.4 is 5.43 Å². The van der Waals surface area contributed by atoms with Gasteiger partial charge in [-0.05, 0) is 47.1 Å². The van der Waals surface area contributed by atoms with E-state index in [1.54, 1.807) is 31.2 Å². The molecule has 0 aliphatic rings. The number of hydrogen-bond acceptors (Lipinski definition) is 4. The van der Waals surface area contributed by atoms with E-state index in [9.17, 15) is 4.79 Å². The van der Waals surface area contributed by atoms with E-state index in [1.165, 1.54) is 6.21 Å². The van der Waals surface area contributed by atoms with Gasteiger partial charge in [0.15, 0.2) is 10.4 Å². The van der Waals surface area contributed by atoms with Crippen molar-refractivity contribution in [3.05, 3.63) is 46.2 Å². The van der Waals surface area contributed by atoms with Gasteiger partial charge in [-0.2, -0.15) is 5.10 Å². The van der Waals surface area contributed by atoms with E-state index in [0.717, 1.165) is 0 Å². The second-order valence-corrected chi connectivity index (χ2v) is 4.03. The molecular weight excluding hydrogens is 288 g/mol. The number of hydrogen-bond donors (Lipinski definition) is 1. The second-order valence-electron chi connectivity index (χ2n) is 3.25. The maximum Gasteiger partial charge on any atom is 0.307 e. The average molecular weight is 297 g/mol. The first-order valence-corrected chi connectivity index (χ1v) is 5.59. The number of carbonyl (C=O) groups excluding carboxylic acids is 1. The topological polar surface area (TPSA) is 67.7 Å². The van der Waals surface area contributed by atoms with Gasteiger partial charge in [0.2, 0.25) is 0 Å². The smallest absolute Gasteiger partial charge is 0.307 e. The maximum atomic E-state index is 11.5. The van der Waals surface area contributed by atoms with Crippen LogP contribution in [-0.2, 0) is 0 Å². The van der Waals surface area contributed by atoms with Gasteiger partial charge in [0.1, 0.15) is 11.5 Å². The van der Waals surface area contributed by atoms with Crippen LogP contribution in [0.4, 0.5) is 0 Å². The van der Waals surface area contributed by atoms with E-state index >= 15 is 0 Å². The Morgan fingerprint density at radius 2 is 2.18 bits per heavy atom.